The Morgan fingerprint density at radius 1 is 1.15 bits per heavy atom. The third-order valence-corrected chi connectivity index (χ3v) is 5.48. The first-order valence-corrected chi connectivity index (χ1v) is 10.4. The molecule has 0 aliphatic heterocycles. The van der Waals surface area contributed by atoms with Gasteiger partial charge in [0.1, 0.15) is 5.75 Å². The highest BCUT2D eigenvalue weighted by Crippen LogP contribution is 2.25. The second-order valence-corrected chi connectivity index (χ2v) is 7.74. The third kappa shape index (κ3) is 4.99. The van der Waals surface area contributed by atoms with E-state index in [1.54, 1.807) is 0 Å². The van der Waals surface area contributed by atoms with Gasteiger partial charge in [-0.2, -0.15) is 0 Å². The number of para-hydroxylation sites is 1. The van der Waals surface area contributed by atoms with Gasteiger partial charge in [-0.05, 0) is 38.1 Å². The molecular formula is C20H20BrN3O2S. The van der Waals surface area contributed by atoms with Crippen molar-refractivity contribution >= 4 is 33.5 Å². The summed E-state index contributed by atoms with van der Waals surface area (Å²) in [5, 5.41) is 9.28. The molecule has 1 heterocycles. The van der Waals surface area contributed by atoms with Crippen LogP contribution in [0, 0.1) is 0 Å². The number of aromatic nitrogens is 3. The number of benzene rings is 2. The largest absolute Gasteiger partial charge is 0.483 e. The zero-order valence-electron chi connectivity index (χ0n) is 15.1. The predicted octanol–water partition coefficient (Wildman–Crippen LogP) is 5.18. The van der Waals surface area contributed by atoms with Crippen LogP contribution in [-0.4, -0.2) is 26.3 Å². The van der Waals surface area contributed by atoms with Crippen molar-refractivity contribution in [3.63, 3.8) is 0 Å². The Labute approximate surface area is 171 Å². The van der Waals surface area contributed by atoms with Crippen molar-refractivity contribution in [2.45, 2.75) is 31.7 Å². The Bertz CT molecular complexity index is 897. The van der Waals surface area contributed by atoms with E-state index >= 15 is 0 Å². The first-order chi connectivity index (χ1) is 13.1. The molecule has 0 amide bonds. The van der Waals surface area contributed by atoms with Gasteiger partial charge in [-0.25, -0.2) is 0 Å². The first-order valence-electron chi connectivity index (χ1n) is 8.65. The Morgan fingerprint density at radius 2 is 1.85 bits per heavy atom. The van der Waals surface area contributed by atoms with Crippen LogP contribution in [0.3, 0.4) is 0 Å². The van der Waals surface area contributed by atoms with Crippen molar-refractivity contribution in [3.05, 3.63) is 70.5 Å². The summed E-state index contributed by atoms with van der Waals surface area (Å²) in [4.78, 5) is 12.4. The van der Waals surface area contributed by atoms with E-state index in [-0.39, 0.29) is 11.9 Å². The summed E-state index contributed by atoms with van der Waals surface area (Å²) in [6.45, 7) is 4.69. The number of halogens is 1. The van der Waals surface area contributed by atoms with Crippen molar-refractivity contribution in [2.75, 3.05) is 5.75 Å². The Balaban J connectivity index is 1.68. The molecule has 3 aromatic rings. The number of thioether (sulfide) groups is 1. The zero-order chi connectivity index (χ0) is 19.2. The number of ketones is 1. The molecular weight excluding hydrogens is 426 g/mol. The molecule has 0 spiro atoms. The number of Topliss-reactive ketones (excluding diaryl/α,β-unsaturated/α-hetero) is 1. The van der Waals surface area contributed by atoms with Gasteiger partial charge in [-0.1, -0.05) is 58.0 Å². The van der Waals surface area contributed by atoms with Crippen LogP contribution in [-0.2, 0) is 6.54 Å². The highest BCUT2D eigenvalue weighted by Gasteiger charge is 2.19. The summed E-state index contributed by atoms with van der Waals surface area (Å²) in [5.74, 6) is 1.91. The van der Waals surface area contributed by atoms with Gasteiger partial charge in [-0.3, -0.25) is 4.79 Å². The van der Waals surface area contributed by atoms with Crippen LogP contribution >= 0.6 is 27.7 Å². The fourth-order valence-electron chi connectivity index (χ4n) is 2.61. The smallest absolute Gasteiger partial charge is 0.191 e. The van der Waals surface area contributed by atoms with Crippen molar-refractivity contribution < 1.29 is 9.53 Å². The number of hydrogen-bond donors (Lipinski definition) is 0. The summed E-state index contributed by atoms with van der Waals surface area (Å²) < 4.78 is 8.90. The molecule has 0 radical (unpaired) electrons. The van der Waals surface area contributed by atoms with Crippen LogP contribution in [0.1, 0.15) is 36.1 Å². The SMILES string of the molecule is CCn1c(SCC(=O)c2ccc(Br)cc2)nnc1[C@H](C)Oc1ccccc1. The molecule has 140 valence electrons. The molecule has 0 aliphatic carbocycles. The van der Waals surface area contributed by atoms with Crippen LogP contribution in [0.15, 0.2) is 64.2 Å². The minimum Gasteiger partial charge on any atom is -0.483 e. The highest BCUT2D eigenvalue weighted by molar-refractivity contribution is 9.10. The number of rotatable bonds is 8. The van der Waals surface area contributed by atoms with E-state index in [9.17, 15) is 4.79 Å². The lowest BCUT2D eigenvalue weighted by Crippen LogP contribution is -2.12. The standard InChI is InChI=1S/C20H20BrN3O2S/c1-3-24-19(14(2)26-17-7-5-4-6-8-17)22-23-20(24)27-13-18(25)15-9-11-16(21)12-10-15/h4-12,14H,3,13H2,1-2H3/t14-/m0/s1. The summed E-state index contributed by atoms with van der Waals surface area (Å²) in [6, 6.07) is 17.0. The molecule has 0 N–H and O–H groups in total. The maximum Gasteiger partial charge on any atom is 0.191 e. The fraction of sp³-hybridized carbons (Fsp3) is 0.250. The van der Waals surface area contributed by atoms with Crippen molar-refractivity contribution in [3.8, 4) is 5.75 Å². The summed E-state index contributed by atoms with van der Waals surface area (Å²) >= 11 is 4.77. The average Bonchev–Trinajstić information content (AvgIpc) is 3.10. The van der Waals surface area contributed by atoms with Gasteiger partial charge in [-0.15, -0.1) is 10.2 Å². The maximum atomic E-state index is 12.4. The van der Waals surface area contributed by atoms with Gasteiger partial charge in [0.2, 0.25) is 0 Å². The van der Waals surface area contributed by atoms with Gasteiger partial charge in [0.15, 0.2) is 22.9 Å². The van der Waals surface area contributed by atoms with E-state index in [4.69, 9.17) is 4.74 Å². The minimum atomic E-state index is -0.239. The fourth-order valence-corrected chi connectivity index (χ4v) is 3.78. The van der Waals surface area contributed by atoms with E-state index in [1.165, 1.54) is 11.8 Å². The van der Waals surface area contributed by atoms with Crippen LogP contribution in [0.25, 0.3) is 0 Å². The monoisotopic (exact) mass is 445 g/mol. The number of carbonyl (C=O) groups is 1. The molecule has 0 aliphatic rings. The van der Waals surface area contributed by atoms with Crippen molar-refractivity contribution in [1.82, 2.24) is 14.8 Å². The molecule has 1 aromatic heterocycles. The van der Waals surface area contributed by atoms with Gasteiger partial charge >= 0.3 is 0 Å². The average molecular weight is 446 g/mol. The molecule has 1 atom stereocenters. The van der Waals surface area contributed by atoms with Crippen molar-refractivity contribution in [1.29, 1.82) is 0 Å². The van der Waals surface area contributed by atoms with Crippen LogP contribution in [0.2, 0.25) is 0 Å². The minimum absolute atomic E-state index is 0.0632. The molecule has 0 saturated carbocycles. The number of ether oxygens (including phenoxy) is 1. The number of carbonyl (C=O) groups excluding carboxylic acids is 1. The van der Waals surface area contributed by atoms with Gasteiger partial charge in [0.05, 0.1) is 5.75 Å². The topological polar surface area (TPSA) is 57.0 Å². The quantitative estimate of drug-likeness (QED) is 0.353. The van der Waals surface area contributed by atoms with E-state index in [0.29, 0.717) is 17.9 Å². The Kier molecular flexibility index (Phi) is 6.68. The Hall–Kier alpha value is -2.12. The summed E-state index contributed by atoms with van der Waals surface area (Å²) in [6.07, 6.45) is -0.239. The molecule has 0 bridgehead atoms. The van der Waals surface area contributed by atoms with Crippen LogP contribution in [0.5, 0.6) is 5.75 Å². The highest BCUT2D eigenvalue weighted by atomic mass is 79.9. The van der Waals surface area contributed by atoms with Crippen LogP contribution < -0.4 is 4.74 Å². The van der Waals surface area contributed by atoms with E-state index in [0.717, 1.165) is 21.2 Å². The van der Waals surface area contributed by atoms with Gasteiger partial charge in [0, 0.05) is 16.6 Å². The molecule has 5 nitrogen and oxygen atoms in total. The molecule has 2 aromatic carbocycles. The summed E-state index contributed by atoms with van der Waals surface area (Å²) in [7, 11) is 0. The normalized spacial score (nSPS) is 12.0. The van der Waals surface area contributed by atoms with Gasteiger partial charge in [0.25, 0.3) is 0 Å². The van der Waals surface area contributed by atoms with Gasteiger partial charge < -0.3 is 9.30 Å². The van der Waals surface area contributed by atoms with E-state index < -0.39 is 0 Å². The molecule has 0 fully saturated rings. The third-order valence-electron chi connectivity index (χ3n) is 3.98. The lowest BCUT2D eigenvalue weighted by atomic mass is 10.2. The molecule has 27 heavy (non-hydrogen) atoms. The number of hydrogen-bond acceptors (Lipinski definition) is 5. The molecule has 7 heteroatoms. The lowest BCUT2D eigenvalue weighted by molar-refractivity contribution is 0.102. The Morgan fingerprint density at radius 3 is 2.52 bits per heavy atom. The predicted molar refractivity (Wildman–Crippen MR) is 110 cm³/mol. The molecule has 3 rings (SSSR count). The van der Waals surface area contributed by atoms with E-state index in [2.05, 4.69) is 26.1 Å². The maximum absolute atomic E-state index is 12.4. The second kappa shape index (κ2) is 9.19. The second-order valence-electron chi connectivity index (χ2n) is 5.88. The van der Waals surface area contributed by atoms with Crippen LogP contribution in [0.4, 0.5) is 0 Å². The van der Waals surface area contributed by atoms with E-state index in [1.807, 2.05) is 73.0 Å². The van der Waals surface area contributed by atoms with Crippen molar-refractivity contribution in [2.24, 2.45) is 0 Å². The lowest BCUT2D eigenvalue weighted by Gasteiger charge is -2.15. The first kappa shape index (κ1) is 19.6. The zero-order valence-corrected chi connectivity index (χ0v) is 17.5. The molecule has 0 saturated heterocycles. The molecule has 0 unspecified atom stereocenters. The summed E-state index contributed by atoms with van der Waals surface area (Å²) in [5.41, 5.74) is 0.689. The number of nitrogens with zero attached hydrogens (tertiary/aromatic N) is 3.